The van der Waals surface area contributed by atoms with Crippen LogP contribution >= 0.6 is 0 Å². The van der Waals surface area contributed by atoms with Crippen molar-refractivity contribution in [1.29, 1.82) is 0 Å². The summed E-state index contributed by atoms with van der Waals surface area (Å²) < 4.78 is 0. The van der Waals surface area contributed by atoms with Crippen LogP contribution in [-0.2, 0) is 23.7 Å². The highest BCUT2D eigenvalue weighted by molar-refractivity contribution is 5.96. The summed E-state index contributed by atoms with van der Waals surface area (Å²) in [6.07, 6.45) is 5.36. The number of phenolic OH excluding ortho intramolecular Hbond substituents is 2. The van der Waals surface area contributed by atoms with Crippen LogP contribution in [0.2, 0.25) is 0 Å². The van der Waals surface area contributed by atoms with Crippen LogP contribution < -0.4 is 0 Å². The Kier molecular flexibility index (Phi) is 9.73. The van der Waals surface area contributed by atoms with Gasteiger partial charge in [-0.2, -0.15) is 0 Å². The molecular weight excluding hydrogens is 540 g/mol. The molecule has 0 spiro atoms. The highest BCUT2D eigenvalue weighted by atomic mass is 16.3. The number of aliphatic imine (C=N–C) groups is 2. The van der Waals surface area contributed by atoms with Crippen LogP contribution in [0.5, 0.6) is 11.5 Å². The molecule has 0 fully saturated rings. The van der Waals surface area contributed by atoms with Crippen molar-refractivity contribution in [3.63, 3.8) is 0 Å². The third kappa shape index (κ3) is 7.96. The number of fused-ring (bicyclic) bond motifs is 1. The maximum atomic E-state index is 11.3. The standard InChI is InChI=1S/C40H50N2O2/c1-25(2)15-27-17-31(37(43)33(19-27)39(5,6)7)23-41-35-21-29-13-11-12-14-30(29)22-36(35)42-24-32-18-28(16-26(3)4)20-34(38(32)44)40(8,9)10/h11-14,17-26,43-44H,15-16H2,1-10H3. The Morgan fingerprint density at radius 3 is 1.27 bits per heavy atom. The fraction of sp³-hybridized carbons (Fsp3) is 0.400. The summed E-state index contributed by atoms with van der Waals surface area (Å²) >= 11 is 0. The molecule has 44 heavy (non-hydrogen) atoms. The van der Waals surface area contributed by atoms with Crippen LogP contribution in [0.3, 0.4) is 0 Å². The maximum Gasteiger partial charge on any atom is 0.128 e. The normalized spacial score (nSPS) is 12.9. The monoisotopic (exact) mass is 590 g/mol. The summed E-state index contributed by atoms with van der Waals surface area (Å²) in [4.78, 5) is 9.84. The first-order valence-electron chi connectivity index (χ1n) is 15.9. The molecule has 0 aliphatic heterocycles. The van der Waals surface area contributed by atoms with Crippen molar-refractivity contribution < 1.29 is 10.2 Å². The van der Waals surface area contributed by atoms with Gasteiger partial charge >= 0.3 is 0 Å². The highest BCUT2D eigenvalue weighted by Gasteiger charge is 2.22. The lowest BCUT2D eigenvalue weighted by atomic mass is 9.83. The van der Waals surface area contributed by atoms with E-state index in [4.69, 9.17) is 9.98 Å². The Hall–Kier alpha value is -3.92. The van der Waals surface area contributed by atoms with Gasteiger partial charge in [-0.15, -0.1) is 0 Å². The van der Waals surface area contributed by atoms with Crippen LogP contribution in [-0.4, -0.2) is 22.6 Å². The molecular formula is C40H50N2O2. The van der Waals surface area contributed by atoms with E-state index in [1.165, 1.54) is 11.1 Å². The smallest absolute Gasteiger partial charge is 0.128 e. The quantitative estimate of drug-likeness (QED) is 0.200. The van der Waals surface area contributed by atoms with Crippen LogP contribution in [0, 0.1) is 11.8 Å². The number of benzene rings is 4. The van der Waals surface area contributed by atoms with Crippen LogP contribution in [0.1, 0.15) is 103 Å². The lowest BCUT2D eigenvalue weighted by Crippen LogP contribution is -2.13. The van der Waals surface area contributed by atoms with Gasteiger partial charge in [0.05, 0.1) is 11.4 Å². The fourth-order valence-electron chi connectivity index (χ4n) is 5.66. The Morgan fingerprint density at radius 1 is 0.591 bits per heavy atom. The van der Waals surface area contributed by atoms with Crippen molar-refractivity contribution in [2.24, 2.45) is 21.8 Å². The summed E-state index contributed by atoms with van der Waals surface area (Å²) in [6.45, 7) is 21.5. The van der Waals surface area contributed by atoms with Crippen molar-refractivity contribution in [3.8, 4) is 11.5 Å². The molecule has 4 rings (SSSR count). The molecule has 232 valence electrons. The molecule has 0 atom stereocenters. The van der Waals surface area contributed by atoms with Gasteiger partial charge < -0.3 is 10.2 Å². The number of rotatable bonds is 8. The lowest BCUT2D eigenvalue weighted by Gasteiger charge is -2.23. The summed E-state index contributed by atoms with van der Waals surface area (Å²) in [6, 6.07) is 20.6. The zero-order chi connectivity index (χ0) is 32.4. The van der Waals surface area contributed by atoms with Gasteiger partial charge in [0.25, 0.3) is 0 Å². The predicted octanol–water partition coefficient (Wildman–Crippen LogP) is 10.7. The molecule has 4 heteroatoms. The molecule has 0 aliphatic carbocycles. The third-order valence-corrected chi connectivity index (χ3v) is 7.83. The number of nitrogens with zero attached hydrogens (tertiary/aromatic N) is 2. The van der Waals surface area contributed by atoms with Crippen LogP contribution in [0.25, 0.3) is 10.8 Å². The van der Waals surface area contributed by atoms with E-state index >= 15 is 0 Å². The van der Waals surface area contributed by atoms with E-state index in [0.29, 0.717) is 34.3 Å². The molecule has 4 aromatic rings. The van der Waals surface area contributed by atoms with E-state index in [0.717, 1.165) is 34.7 Å². The van der Waals surface area contributed by atoms with Gasteiger partial charge in [-0.3, -0.25) is 9.98 Å². The van der Waals surface area contributed by atoms with Crippen molar-refractivity contribution in [3.05, 3.63) is 94.0 Å². The number of aromatic hydroxyl groups is 2. The van der Waals surface area contributed by atoms with E-state index in [9.17, 15) is 10.2 Å². The van der Waals surface area contributed by atoms with Gasteiger partial charge in [-0.25, -0.2) is 0 Å². The molecule has 4 aromatic carbocycles. The molecule has 0 saturated carbocycles. The lowest BCUT2D eigenvalue weighted by molar-refractivity contribution is 0.444. The Bertz CT molecular complexity index is 1570. The fourth-order valence-corrected chi connectivity index (χ4v) is 5.66. The minimum absolute atomic E-state index is 0.212. The van der Waals surface area contributed by atoms with Gasteiger partial charge in [-0.1, -0.05) is 106 Å². The Morgan fingerprint density at radius 2 is 0.955 bits per heavy atom. The van der Waals surface area contributed by atoms with Gasteiger partial charge in [-0.05, 0) is 81.7 Å². The second kappa shape index (κ2) is 13.0. The minimum Gasteiger partial charge on any atom is -0.507 e. The molecule has 0 aliphatic rings. The van der Waals surface area contributed by atoms with Crippen molar-refractivity contribution in [2.45, 2.75) is 92.9 Å². The van der Waals surface area contributed by atoms with Gasteiger partial charge in [0, 0.05) is 34.7 Å². The number of hydrogen-bond acceptors (Lipinski definition) is 4. The van der Waals surface area contributed by atoms with E-state index < -0.39 is 0 Å². The summed E-state index contributed by atoms with van der Waals surface area (Å²) in [5.74, 6) is 1.52. The van der Waals surface area contributed by atoms with E-state index in [2.05, 4.69) is 93.5 Å². The minimum atomic E-state index is -0.212. The zero-order valence-corrected chi connectivity index (χ0v) is 28.3. The molecule has 0 unspecified atom stereocenters. The van der Waals surface area contributed by atoms with Gasteiger partial charge in [0.2, 0.25) is 0 Å². The maximum absolute atomic E-state index is 11.3. The topological polar surface area (TPSA) is 65.2 Å². The molecule has 0 aromatic heterocycles. The molecule has 0 heterocycles. The van der Waals surface area contributed by atoms with Crippen molar-refractivity contribution >= 4 is 34.6 Å². The molecule has 0 radical (unpaired) electrons. The predicted molar refractivity (Wildman–Crippen MR) is 189 cm³/mol. The highest BCUT2D eigenvalue weighted by Crippen LogP contribution is 2.38. The second-order valence-corrected chi connectivity index (χ2v) is 15.1. The zero-order valence-electron chi connectivity index (χ0n) is 28.3. The van der Waals surface area contributed by atoms with Gasteiger partial charge in [0.1, 0.15) is 11.5 Å². The largest absolute Gasteiger partial charge is 0.507 e. The third-order valence-electron chi connectivity index (χ3n) is 7.83. The van der Waals surface area contributed by atoms with E-state index in [1.807, 2.05) is 36.4 Å². The molecule has 4 nitrogen and oxygen atoms in total. The average molecular weight is 591 g/mol. The average Bonchev–Trinajstić information content (AvgIpc) is 2.91. The summed E-state index contributed by atoms with van der Waals surface area (Å²) in [5.41, 5.74) is 6.57. The number of hydrogen-bond donors (Lipinski definition) is 2. The van der Waals surface area contributed by atoms with Gasteiger partial charge in [0.15, 0.2) is 0 Å². The second-order valence-electron chi connectivity index (χ2n) is 15.1. The molecule has 2 N–H and O–H groups in total. The first-order chi connectivity index (χ1) is 20.5. The van der Waals surface area contributed by atoms with Crippen molar-refractivity contribution in [1.82, 2.24) is 0 Å². The van der Waals surface area contributed by atoms with Crippen LogP contribution in [0.4, 0.5) is 11.4 Å². The Labute approximate surface area is 264 Å². The van der Waals surface area contributed by atoms with Crippen LogP contribution in [0.15, 0.2) is 70.6 Å². The molecule has 0 amide bonds. The van der Waals surface area contributed by atoms with E-state index in [-0.39, 0.29) is 22.3 Å². The molecule has 0 bridgehead atoms. The SMILES string of the molecule is CC(C)Cc1cc(C=Nc2cc3ccccc3cc2N=Cc2cc(CC(C)C)cc(C(C)(C)C)c2O)c(O)c(C(C)(C)C)c1. The summed E-state index contributed by atoms with van der Waals surface area (Å²) in [7, 11) is 0. The van der Waals surface area contributed by atoms with Crippen molar-refractivity contribution in [2.75, 3.05) is 0 Å². The Balaban J connectivity index is 1.85. The molecule has 0 saturated heterocycles. The van der Waals surface area contributed by atoms with E-state index in [1.54, 1.807) is 12.4 Å². The first kappa shape index (κ1) is 33.0. The number of phenols is 2. The first-order valence-corrected chi connectivity index (χ1v) is 15.9. The summed E-state index contributed by atoms with van der Waals surface area (Å²) in [5, 5.41) is 24.7.